The second-order valence-corrected chi connectivity index (χ2v) is 5.51. The molecule has 2 atom stereocenters. The summed E-state index contributed by atoms with van der Waals surface area (Å²) < 4.78 is 5.32. The van der Waals surface area contributed by atoms with Crippen molar-refractivity contribution >= 4 is 0 Å². The topological polar surface area (TPSA) is 24.5 Å². The Labute approximate surface area is 116 Å². The average molecular weight is 262 g/mol. The standard InChI is InChI=1S/C16H26N2O/c1-13(15-7-4-8-16(10-15)19-3)18-9-5-6-14(12-18)11-17-2/h4,7-8,10,13-14,17H,5-6,9,11-12H2,1-3H3/t13-,14-/m0/s1. The molecule has 0 bridgehead atoms. The molecule has 3 heteroatoms. The quantitative estimate of drug-likeness (QED) is 0.883. The molecular formula is C16H26N2O. The molecular weight excluding hydrogens is 236 g/mol. The number of likely N-dealkylation sites (tertiary alicyclic amines) is 1. The molecule has 0 saturated carbocycles. The first-order valence-corrected chi connectivity index (χ1v) is 7.27. The van der Waals surface area contributed by atoms with E-state index in [0.29, 0.717) is 6.04 Å². The predicted octanol–water partition coefficient (Wildman–Crippen LogP) is 2.69. The van der Waals surface area contributed by atoms with Crippen LogP contribution in [0.2, 0.25) is 0 Å². The maximum Gasteiger partial charge on any atom is 0.119 e. The minimum Gasteiger partial charge on any atom is -0.497 e. The van der Waals surface area contributed by atoms with Crippen molar-refractivity contribution in [3.8, 4) is 5.75 Å². The number of methoxy groups -OCH3 is 1. The van der Waals surface area contributed by atoms with Gasteiger partial charge in [-0.3, -0.25) is 4.90 Å². The van der Waals surface area contributed by atoms with Gasteiger partial charge < -0.3 is 10.1 Å². The number of benzene rings is 1. The third kappa shape index (κ3) is 3.71. The molecule has 0 aromatic heterocycles. The van der Waals surface area contributed by atoms with Crippen LogP contribution in [0.5, 0.6) is 5.75 Å². The maximum absolute atomic E-state index is 5.32. The Hall–Kier alpha value is -1.06. The molecule has 0 spiro atoms. The van der Waals surface area contributed by atoms with E-state index in [2.05, 4.69) is 35.3 Å². The fourth-order valence-corrected chi connectivity index (χ4v) is 3.02. The van der Waals surface area contributed by atoms with E-state index in [1.807, 2.05) is 13.1 Å². The van der Waals surface area contributed by atoms with Crippen LogP contribution >= 0.6 is 0 Å². The highest BCUT2D eigenvalue weighted by Crippen LogP contribution is 2.28. The van der Waals surface area contributed by atoms with Crippen LogP contribution in [0.1, 0.15) is 31.4 Å². The summed E-state index contributed by atoms with van der Waals surface area (Å²) in [4.78, 5) is 2.60. The van der Waals surface area contributed by atoms with Crippen molar-refractivity contribution in [2.24, 2.45) is 5.92 Å². The van der Waals surface area contributed by atoms with Crippen molar-refractivity contribution in [2.45, 2.75) is 25.8 Å². The minimum absolute atomic E-state index is 0.467. The number of hydrogen-bond acceptors (Lipinski definition) is 3. The molecule has 1 N–H and O–H groups in total. The lowest BCUT2D eigenvalue weighted by Gasteiger charge is -2.37. The van der Waals surface area contributed by atoms with E-state index in [4.69, 9.17) is 4.74 Å². The van der Waals surface area contributed by atoms with Crippen LogP contribution in [0.15, 0.2) is 24.3 Å². The summed E-state index contributed by atoms with van der Waals surface area (Å²) in [7, 11) is 3.78. The van der Waals surface area contributed by atoms with Crippen molar-refractivity contribution in [3.63, 3.8) is 0 Å². The number of rotatable bonds is 5. The molecule has 19 heavy (non-hydrogen) atoms. The van der Waals surface area contributed by atoms with Crippen LogP contribution in [0, 0.1) is 5.92 Å². The van der Waals surface area contributed by atoms with E-state index in [1.165, 1.54) is 31.5 Å². The lowest BCUT2D eigenvalue weighted by Crippen LogP contribution is -2.40. The van der Waals surface area contributed by atoms with Gasteiger partial charge >= 0.3 is 0 Å². The average Bonchev–Trinajstić information content (AvgIpc) is 2.47. The van der Waals surface area contributed by atoms with Crippen LogP contribution in [-0.2, 0) is 0 Å². The van der Waals surface area contributed by atoms with Crippen LogP contribution in [0.4, 0.5) is 0 Å². The van der Waals surface area contributed by atoms with Crippen molar-refractivity contribution in [1.82, 2.24) is 10.2 Å². The SMILES string of the molecule is CNC[C@@H]1CCCN([C@@H](C)c2cccc(OC)c2)C1. The molecule has 0 aliphatic carbocycles. The summed E-state index contributed by atoms with van der Waals surface area (Å²) in [5.74, 6) is 1.74. The Balaban J connectivity index is 2.03. The molecule has 3 nitrogen and oxygen atoms in total. The monoisotopic (exact) mass is 262 g/mol. The second kappa shape index (κ2) is 6.92. The smallest absolute Gasteiger partial charge is 0.119 e. The van der Waals surface area contributed by atoms with Gasteiger partial charge in [0, 0.05) is 12.6 Å². The third-order valence-corrected chi connectivity index (χ3v) is 4.17. The summed E-state index contributed by atoms with van der Waals surface area (Å²) in [5.41, 5.74) is 1.35. The Morgan fingerprint density at radius 3 is 3.05 bits per heavy atom. The van der Waals surface area contributed by atoms with Crippen molar-refractivity contribution < 1.29 is 4.74 Å². The first kappa shape index (κ1) is 14.4. The molecule has 1 fully saturated rings. The molecule has 0 amide bonds. The number of nitrogens with zero attached hydrogens (tertiary/aromatic N) is 1. The largest absolute Gasteiger partial charge is 0.497 e. The molecule has 1 aliphatic heterocycles. The fraction of sp³-hybridized carbons (Fsp3) is 0.625. The summed E-state index contributed by atoms with van der Waals surface area (Å²) in [6, 6.07) is 8.92. The maximum atomic E-state index is 5.32. The van der Waals surface area contributed by atoms with E-state index in [1.54, 1.807) is 7.11 Å². The minimum atomic E-state index is 0.467. The lowest BCUT2D eigenvalue weighted by molar-refractivity contribution is 0.131. The number of piperidine rings is 1. The lowest BCUT2D eigenvalue weighted by atomic mass is 9.95. The van der Waals surface area contributed by atoms with E-state index < -0.39 is 0 Å². The molecule has 2 rings (SSSR count). The molecule has 106 valence electrons. The van der Waals surface area contributed by atoms with Gasteiger partial charge in [-0.15, -0.1) is 0 Å². The molecule has 1 heterocycles. The van der Waals surface area contributed by atoms with E-state index in [-0.39, 0.29) is 0 Å². The van der Waals surface area contributed by atoms with E-state index in [0.717, 1.165) is 18.2 Å². The van der Waals surface area contributed by atoms with E-state index >= 15 is 0 Å². The first-order chi connectivity index (χ1) is 9.24. The van der Waals surface area contributed by atoms with Crippen LogP contribution in [0.3, 0.4) is 0 Å². The van der Waals surface area contributed by atoms with Crippen molar-refractivity contribution in [3.05, 3.63) is 29.8 Å². The molecule has 0 radical (unpaired) electrons. The Morgan fingerprint density at radius 1 is 1.47 bits per heavy atom. The molecule has 0 unspecified atom stereocenters. The molecule has 1 saturated heterocycles. The Kier molecular flexibility index (Phi) is 5.23. The van der Waals surface area contributed by atoms with Crippen LogP contribution < -0.4 is 10.1 Å². The van der Waals surface area contributed by atoms with Gasteiger partial charge in [-0.05, 0) is 63.5 Å². The molecule has 1 aromatic carbocycles. The van der Waals surface area contributed by atoms with Crippen molar-refractivity contribution in [1.29, 1.82) is 0 Å². The van der Waals surface area contributed by atoms with E-state index in [9.17, 15) is 0 Å². The van der Waals surface area contributed by atoms with Gasteiger partial charge in [-0.25, -0.2) is 0 Å². The predicted molar refractivity (Wildman–Crippen MR) is 79.6 cm³/mol. The number of ether oxygens (including phenoxy) is 1. The first-order valence-electron chi connectivity index (χ1n) is 7.27. The zero-order valence-electron chi connectivity index (χ0n) is 12.4. The van der Waals surface area contributed by atoms with Gasteiger partial charge in [0.1, 0.15) is 5.75 Å². The Bertz CT molecular complexity index is 392. The third-order valence-electron chi connectivity index (χ3n) is 4.17. The Morgan fingerprint density at radius 2 is 2.32 bits per heavy atom. The normalized spacial score (nSPS) is 22.2. The van der Waals surface area contributed by atoms with Gasteiger partial charge in [0.2, 0.25) is 0 Å². The van der Waals surface area contributed by atoms with Crippen molar-refractivity contribution in [2.75, 3.05) is 33.8 Å². The molecule has 1 aliphatic rings. The van der Waals surface area contributed by atoms with Gasteiger partial charge in [-0.1, -0.05) is 12.1 Å². The van der Waals surface area contributed by atoms with Gasteiger partial charge in [0.25, 0.3) is 0 Å². The summed E-state index contributed by atoms with van der Waals surface area (Å²) in [6.45, 7) is 5.83. The highest BCUT2D eigenvalue weighted by molar-refractivity contribution is 5.30. The summed E-state index contributed by atoms with van der Waals surface area (Å²) in [6.07, 6.45) is 2.66. The zero-order valence-corrected chi connectivity index (χ0v) is 12.4. The van der Waals surface area contributed by atoms with Gasteiger partial charge in [0.15, 0.2) is 0 Å². The summed E-state index contributed by atoms with van der Waals surface area (Å²) in [5, 5.41) is 3.31. The van der Waals surface area contributed by atoms with Gasteiger partial charge in [0.05, 0.1) is 7.11 Å². The highest BCUT2D eigenvalue weighted by atomic mass is 16.5. The van der Waals surface area contributed by atoms with Gasteiger partial charge in [-0.2, -0.15) is 0 Å². The highest BCUT2D eigenvalue weighted by Gasteiger charge is 2.23. The second-order valence-electron chi connectivity index (χ2n) is 5.51. The van der Waals surface area contributed by atoms with Crippen LogP contribution in [0.25, 0.3) is 0 Å². The number of hydrogen-bond donors (Lipinski definition) is 1. The van der Waals surface area contributed by atoms with Crippen LogP contribution in [-0.4, -0.2) is 38.7 Å². The fourth-order valence-electron chi connectivity index (χ4n) is 3.02. The summed E-state index contributed by atoms with van der Waals surface area (Å²) >= 11 is 0. The zero-order chi connectivity index (χ0) is 13.7. The molecule has 1 aromatic rings. The number of nitrogens with one attached hydrogen (secondary N) is 1.